The second kappa shape index (κ2) is 6.22. The molecule has 19 heavy (non-hydrogen) atoms. The van der Waals surface area contributed by atoms with E-state index in [0.29, 0.717) is 5.75 Å². The Morgan fingerprint density at radius 2 is 2.11 bits per heavy atom. The third kappa shape index (κ3) is 3.37. The molecule has 0 aliphatic heterocycles. The molecule has 0 bridgehead atoms. The lowest BCUT2D eigenvalue weighted by Gasteiger charge is -2.16. The van der Waals surface area contributed by atoms with Crippen LogP contribution in [0, 0.1) is 6.92 Å². The summed E-state index contributed by atoms with van der Waals surface area (Å²) < 4.78 is 0. The van der Waals surface area contributed by atoms with Crippen LogP contribution in [0.1, 0.15) is 41.5 Å². The smallest absolute Gasteiger partial charge is 0.120 e. The Kier molecular flexibility index (Phi) is 4.61. The fourth-order valence-electron chi connectivity index (χ4n) is 2.21. The van der Waals surface area contributed by atoms with Gasteiger partial charge in [-0.2, -0.15) is 0 Å². The average molecular weight is 275 g/mol. The SMILES string of the molecule is CCc1ccsc1CNC(C)c1ccc(C)cc1O. The van der Waals surface area contributed by atoms with Crippen LogP contribution < -0.4 is 5.32 Å². The molecule has 2 rings (SSSR count). The van der Waals surface area contributed by atoms with Gasteiger partial charge in [0.1, 0.15) is 5.75 Å². The van der Waals surface area contributed by atoms with Crippen LogP contribution in [0.2, 0.25) is 0 Å². The first-order chi connectivity index (χ1) is 9.11. The Morgan fingerprint density at radius 1 is 1.32 bits per heavy atom. The molecular formula is C16H21NOS. The maximum atomic E-state index is 9.98. The highest BCUT2D eigenvalue weighted by Crippen LogP contribution is 2.26. The van der Waals surface area contributed by atoms with Crippen molar-refractivity contribution < 1.29 is 5.11 Å². The molecule has 102 valence electrons. The predicted molar refractivity (Wildman–Crippen MR) is 81.8 cm³/mol. The van der Waals surface area contributed by atoms with Gasteiger partial charge < -0.3 is 10.4 Å². The van der Waals surface area contributed by atoms with Gasteiger partial charge in [0.2, 0.25) is 0 Å². The molecule has 3 heteroatoms. The van der Waals surface area contributed by atoms with E-state index in [-0.39, 0.29) is 6.04 Å². The number of hydrogen-bond donors (Lipinski definition) is 2. The fourth-order valence-corrected chi connectivity index (χ4v) is 3.14. The molecule has 0 aliphatic rings. The molecule has 0 aliphatic carbocycles. The third-order valence-corrected chi connectivity index (χ3v) is 4.40. The van der Waals surface area contributed by atoms with Gasteiger partial charge in [0.15, 0.2) is 0 Å². The van der Waals surface area contributed by atoms with Crippen LogP contribution in [-0.4, -0.2) is 5.11 Å². The third-order valence-electron chi connectivity index (χ3n) is 3.44. The van der Waals surface area contributed by atoms with Gasteiger partial charge in [-0.15, -0.1) is 11.3 Å². The molecule has 1 aromatic heterocycles. The summed E-state index contributed by atoms with van der Waals surface area (Å²) in [5.74, 6) is 0.377. The zero-order valence-electron chi connectivity index (χ0n) is 11.7. The summed E-state index contributed by atoms with van der Waals surface area (Å²) in [5, 5.41) is 15.6. The van der Waals surface area contributed by atoms with Crippen LogP contribution in [0.3, 0.4) is 0 Å². The van der Waals surface area contributed by atoms with Gasteiger partial charge in [0.05, 0.1) is 0 Å². The van der Waals surface area contributed by atoms with Crippen molar-refractivity contribution >= 4 is 11.3 Å². The largest absolute Gasteiger partial charge is 0.508 e. The Labute approximate surface area is 119 Å². The number of nitrogens with one attached hydrogen (secondary N) is 1. The highest BCUT2D eigenvalue weighted by atomic mass is 32.1. The van der Waals surface area contributed by atoms with Crippen molar-refractivity contribution in [2.24, 2.45) is 0 Å². The van der Waals surface area contributed by atoms with E-state index in [0.717, 1.165) is 24.1 Å². The van der Waals surface area contributed by atoms with Gasteiger partial charge in [0.25, 0.3) is 0 Å². The van der Waals surface area contributed by atoms with Crippen molar-refractivity contribution in [2.75, 3.05) is 0 Å². The Hall–Kier alpha value is -1.32. The molecule has 0 fully saturated rings. The molecular weight excluding hydrogens is 254 g/mol. The molecule has 0 radical (unpaired) electrons. The van der Waals surface area contributed by atoms with Gasteiger partial charge in [-0.25, -0.2) is 0 Å². The molecule has 0 amide bonds. The zero-order valence-corrected chi connectivity index (χ0v) is 12.6. The lowest BCUT2D eigenvalue weighted by atomic mass is 10.0. The Bertz CT molecular complexity index is 547. The van der Waals surface area contributed by atoms with E-state index in [9.17, 15) is 5.11 Å². The number of phenolic OH excluding ortho intramolecular Hbond substituents is 1. The summed E-state index contributed by atoms with van der Waals surface area (Å²) in [4.78, 5) is 1.39. The molecule has 0 spiro atoms. The Balaban J connectivity index is 2.03. The van der Waals surface area contributed by atoms with Crippen molar-refractivity contribution in [3.8, 4) is 5.75 Å². The maximum Gasteiger partial charge on any atom is 0.120 e. The lowest BCUT2D eigenvalue weighted by molar-refractivity contribution is 0.452. The van der Waals surface area contributed by atoms with Crippen molar-refractivity contribution in [1.29, 1.82) is 0 Å². The lowest BCUT2D eigenvalue weighted by Crippen LogP contribution is -2.18. The first-order valence-electron chi connectivity index (χ1n) is 6.70. The number of hydrogen-bond acceptors (Lipinski definition) is 3. The summed E-state index contributed by atoms with van der Waals surface area (Å²) in [6.45, 7) is 7.11. The van der Waals surface area contributed by atoms with Crippen LogP contribution in [0.5, 0.6) is 5.75 Å². The van der Waals surface area contributed by atoms with Gasteiger partial charge in [0, 0.05) is 23.0 Å². The second-order valence-corrected chi connectivity index (χ2v) is 5.89. The van der Waals surface area contributed by atoms with Crippen molar-refractivity contribution in [2.45, 2.75) is 39.8 Å². The van der Waals surface area contributed by atoms with Crippen LogP contribution >= 0.6 is 11.3 Å². The quantitative estimate of drug-likeness (QED) is 0.858. The van der Waals surface area contributed by atoms with E-state index in [1.807, 2.05) is 25.1 Å². The number of benzene rings is 1. The van der Waals surface area contributed by atoms with Crippen LogP contribution in [0.4, 0.5) is 0 Å². The average Bonchev–Trinajstić information content (AvgIpc) is 2.83. The van der Waals surface area contributed by atoms with Crippen LogP contribution in [-0.2, 0) is 13.0 Å². The normalized spacial score (nSPS) is 12.6. The summed E-state index contributed by atoms with van der Waals surface area (Å²) in [7, 11) is 0. The number of aryl methyl sites for hydroxylation is 2. The van der Waals surface area contributed by atoms with E-state index >= 15 is 0 Å². The van der Waals surface area contributed by atoms with Crippen LogP contribution in [0.25, 0.3) is 0 Å². The number of aromatic hydroxyl groups is 1. The highest BCUT2D eigenvalue weighted by molar-refractivity contribution is 7.10. The fraction of sp³-hybridized carbons (Fsp3) is 0.375. The summed E-state index contributed by atoms with van der Waals surface area (Å²) in [6, 6.07) is 8.19. The number of rotatable bonds is 5. The van der Waals surface area contributed by atoms with Gasteiger partial charge in [-0.1, -0.05) is 19.1 Å². The first kappa shape index (κ1) is 14.1. The van der Waals surface area contributed by atoms with E-state index in [4.69, 9.17) is 0 Å². The number of thiophene rings is 1. The molecule has 0 saturated carbocycles. The first-order valence-corrected chi connectivity index (χ1v) is 7.58. The van der Waals surface area contributed by atoms with Crippen LogP contribution in [0.15, 0.2) is 29.6 Å². The van der Waals surface area contributed by atoms with Crippen molar-refractivity contribution in [1.82, 2.24) is 5.32 Å². The van der Waals surface area contributed by atoms with Gasteiger partial charge in [-0.05, 0) is 48.9 Å². The predicted octanol–water partition coefficient (Wildman–Crippen LogP) is 4.18. The van der Waals surface area contributed by atoms with Crippen molar-refractivity contribution in [3.05, 3.63) is 51.2 Å². The summed E-state index contributed by atoms with van der Waals surface area (Å²) in [6.07, 6.45) is 1.07. The topological polar surface area (TPSA) is 32.3 Å². The molecule has 2 nitrogen and oxygen atoms in total. The number of phenols is 1. The maximum absolute atomic E-state index is 9.98. The minimum Gasteiger partial charge on any atom is -0.508 e. The van der Waals surface area contributed by atoms with E-state index in [2.05, 4.69) is 30.6 Å². The van der Waals surface area contributed by atoms with E-state index in [1.54, 1.807) is 11.3 Å². The van der Waals surface area contributed by atoms with E-state index in [1.165, 1.54) is 10.4 Å². The molecule has 1 atom stereocenters. The molecule has 0 saturated heterocycles. The van der Waals surface area contributed by atoms with E-state index < -0.39 is 0 Å². The summed E-state index contributed by atoms with van der Waals surface area (Å²) >= 11 is 1.79. The molecule has 1 unspecified atom stereocenters. The summed E-state index contributed by atoms with van der Waals surface area (Å²) in [5.41, 5.74) is 3.46. The molecule has 2 N–H and O–H groups in total. The van der Waals surface area contributed by atoms with Gasteiger partial charge in [-0.3, -0.25) is 0 Å². The molecule has 1 heterocycles. The standard InChI is InChI=1S/C16H21NOS/c1-4-13-7-8-19-16(13)10-17-12(3)14-6-5-11(2)9-15(14)18/h5-9,12,17-18H,4,10H2,1-3H3. The molecule has 1 aromatic carbocycles. The minimum atomic E-state index is 0.146. The Morgan fingerprint density at radius 3 is 2.79 bits per heavy atom. The van der Waals surface area contributed by atoms with Crippen molar-refractivity contribution in [3.63, 3.8) is 0 Å². The minimum absolute atomic E-state index is 0.146. The monoisotopic (exact) mass is 275 g/mol. The van der Waals surface area contributed by atoms with Gasteiger partial charge >= 0.3 is 0 Å². The molecule has 2 aromatic rings. The second-order valence-electron chi connectivity index (χ2n) is 4.89. The highest BCUT2D eigenvalue weighted by Gasteiger charge is 2.11. The zero-order chi connectivity index (χ0) is 13.8.